The molecule has 0 bridgehead atoms. The van der Waals surface area contributed by atoms with Crippen molar-refractivity contribution in [1.82, 2.24) is 4.98 Å². The number of nitrogens with zero attached hydrogens (tertiary/aromatic N) is 2. The van der Waals surface area contributed by atoms with Gasteiger partial charge in [-0.3, -0.25) is 0 Å². The average molecular weight is 200 g/mol. The number of alkyl halides is 2. The number of hydrogen-bond acceptors (Lipinski definition) is 4. The van der Waals surface area contributed by atoms with Crippen molar-refractivity contribution >= 4 is 0 Å². The van der Waals surface area contributed by atoms with Crippen molar-refractivity contribution in [1.29, 1.82) is 5.26 Å². The SMILES string of the molecule is COc1ncc(O)c(C(F)F)c1C#N. The van der Waals surface area contributed by atoms with Crippen molar-refractivity contribution in [3.05, 3.63) is 17.3 Å². The largest absolute Gasteiger partial charge is 0.506 e. The van der Waals surface area contributed by atoms with Crippen molar-refractivity contribution in [2.45, 2.75) is 6.43 Å². The lowest BCUT2D eigenvalue weighted by molar-refractivity contribution is 0.146. The Kier molecular flexibility index (Phi) is 2.82. The van der Waals surface area contributed by atoms with E-state index in [1.807, 2.05) is 0 Å². The second-order valence-electron chi connectivity index (χ2n) is 2.35. The molecule has 0 amide bonds. The van der Waals surface area contributed by atoms with Crippen LogP contribution in [0.15, 0.2) is 6.20 Å². The van der Waals surface area contributed by atoms with Crippen LogP contribution in [0.2, 0.25) is 0 Å². The first kappa shape index (κ1) is 10.2. The summed E-state index contributed by atoms with van der Waals surface area (Å²) in [5, 5.41) is 17.7. The Morgan fingerprint density at radius 2 is 2.29 bits per heavy atom. The highest BCUT2D eigenvalue weighted by atomic mass is 19.3. The van der Waals surface area contributed by atoms with Crippen molar-refractivity contribution < 1.29 is 18.6 Å². The standard InChI is InChI=1S/C8H6F2N2O2/c1-14-8-4(2-11)6(7(9)10)5(13)3-12-8/h3,7,13H,1H3. The maximum absolute atomic E-state index is 12.4. The Morgan fingerprint density at radius 1 is 1.64 bits per heavy atom. The molecule has 4 nitrogen and oxygen atoms in total. The van der Waals surface area contributed by atoms with Gasteiger partial charge in [-0.1, -0.05) is 0 Å². The molecule has 1 rings (SSSR count). The van der Waals surface area contributed by atoms with Gasteiger partial charge in [0, 0.05) is 0 Å². The van der Waals surface area contributed by atoms with E-state index < -0.39 is 23.3 Å². The topological polar surface area (TPSA) is 66.1 Å². The summed E-state index contributed by atoms with van der Waals surface area (Å²) in [6, 6.07) is 1.51. The molecule has 14 heavy (non-hydrogen) atoms. The molecule has 0 aliphatic carbocycles. The van der Waals surface area contributed by atoms with Crippen LogP contribution < -0.4 is 4.74 Å². The van der Waals surface area contributed by atoms with E-state index in [1.165, 1.54) is 13.2 Å². The van der Waals surface area contributed by atoms with Crippen LogP contribution in [0.5, 0.6) is 11.6 Å². The fraction of sp³-hybridized carbons (Fsp3) is 0.250. The zero-order valence-electron chi connectivity index (χ0n) is 7.16. The number of ether oxygens (including phenoxy) is 1. The molecule has 1 N–H and O–H groups in total. The molecule has 6 heteroatoms. The number of rotatable bonds is 2. The third-order valence-electron chi connectivity index (χ3n) is 1.59. The van der Waals surface area contributed by atoms with E-state index in [2.05, 4.69) is 9.72 Å². The summed E-state index contributed by atoms with van der Waals surface area (Å²) in [5.74, 6) is -0.932. The Balaban J connectivity index is 3.45. The number of halogens is 2. The Labute approximate surface area is 78.4 Å². The molecule has 1 aromatic rings. The third kappa shape index (κ3) is 1.57. The van der Waals surface area contributed by atoms with Crippen LogP contribution in [0.25, 0.3) is 0 Å². The number of aromatic nitrogens is 1. The Morgan fingerprint density at radius 3 is 2.71 bits per heavy atom. The number of pyridine rings is 1. The van der Waals surface area contributed by atoms with Crippen LogP contribution in [0.4, 0.5) is 8.78 Å². The molecular formula is C8H6F2N2O2. The average Bonchev–Trinajstić information content (AvgIpc) is 2.16. The van der Waals surface area contributed by atoms with E-state index in [9.17, 15) is 8.78 Å². The molecular weight excluding hydrogens is 194 g/mol. The summed E-state index contributed by atoms with van der Waals surface area (Å²) < 4.78 is 29.4. The maximum Gasteiger partial charge on any atom is 0.268 e. The summed E-state index contributed by atoms with van der Waals surface area (Å²) in [5.41, 5.74) is -1.19. The molecule has 74 valence electrons. The first-order valence-electron chi connectivity index (χ1n) is 3.56. The van der Waals surface area contributed by atoms with E-state index in [0.717, 1.165) is 6.20 Å². The third-order valence-corrected chi connectivity index (χ3v) is 1.59. The number of nitriles is 1. The summed E-state index contributed by atoms with van der Waals surface area (Å²) in [6.07, 6.45) is -2.12. The molecule has 1 heterocycles. The van der Waals surface area contributed by atoms with Crippen molar-refractivity contribution in [3.8, 4) is 17.7 Å². The molecule has 0 atom stereocenters. The Hall–Kier alpha value is -1.90. The summed E-state index contributed by atoms with van der Waals surface area (Å²) in [6.45, 7) is 0. The van der Waals surface area contributed by atoms with Gasteiger partial charge in [0.1, 0.15) is 17.4 Å². The summed E-state index contributed by atoms with van der Waals surface area (Å²) >= 11 is 0. The minimum Gasteiger partial charge on any atom is -0.506 e. The summed E-state index contributed by atoms with van der Waals surface area (Å²) in [4.78, 5) is 3.48. The lowest BCUT2D eigenvalue weighted by Gasteiger charge is -2.07. The van der Waals surface area contributed by atoms with Gasteiger partial charge in [0.05, 0.1) is 18.9 Å². The highest BCUT2D eigenvalue weighted by Crippen LogP contribution is 2.34. The van der Waals surface area contributed by atoms with Gasteiger partial charge in [0.15, 0.2) is 0 Å². The first-order valence-corrected chi connectivity index (χ1v) is 3.56. The predicted molar refractivity (Wildman–Crippen MR) is 42.1 cm³/mol. The molecule has 0 fully saturated rings. The van der Waals surface area contributed by atoms with Crippen LogP contribution in [0, 0.1) is 11.3 Å². The predicted octanol–water partition coefficient (Wildman–Crippen LogP) is 1.61. The maximum atomic E-state index is 12.4. The number of hydrogen-bond donors (Lipinski definition) is 1. The van der Waals surface area contributed by atoms with Crippen LogP contribution in [0.1, 0.15) is 17.6 Å². The van der Waals surface area contributed by atoms with E-state index in [0.29, 0.717) is 0 Å². The van der Waals surface area contributed by atoms with Crippen LogP contribution in [-0.4, -0.2) is 17.2 Å². The van der Waals surface area contributed by atoms with E-state index >= 15 is 0 Å². The van der Waals surface area contributed by atoms with E-state index in [-0.39, 0.29) is 5.88 Å². The van der Waals surface area contributed by atoms with Crippen LogP contribution in [-0.2, 0) is 0 Å². The van der Waals surface area contributed by atoms with E-state index in [4.69, 9.17) is 10.4 Å². The summed E-state index contributed by atoms with van der Waals surface area (Å²) in [7, 11) is 1.20. The minimum absolute atomic E-state index is 0.222. The molecule has 0 saturated heterocycles. The number of methoxy groups -OCH3 is 1. The highest BCUT2D eigenvalue weighted by molar-refractivity contribution is 5.51. The fourth-order valence-corrected chi connectivity index (χ4v) is 0.981. The molecule has 1 aromatic heterocycles. The van der Waals surface area contributed by atoms with Gasteiger partial charge in [0.25, 0.3) is 6.43 Å². The van der Waals surface area contributed by atoms with E-state index in [1.54, 1.807) is 0 Å². The Bertz CT molecular complexity index is 388. The number of aromatic hydroxyl groups is 1. The quantitative estimate of drug-likeness (QED) is 0.787. The highest BCUT2D eigenvalue weighted by Gasteiger charge is 2.22. The molecule has 0 unspecified atom stereocenters. The molecule has 0 saturated carbocycles. The van der Waals surface area contributed by atoms with Gasteiger partial charge >= 0.3 is 0 Å². The van der Waals surface area contributed by atoms with Crippen LogP contribution in [0.3, 0.4) is 0 Å². The smallest absolute Gasteiger partial charge is 0.268 e. The van der Waals surface area contributed by atoms with Gasteiger partial charge in [-0.25, -0.2) is 13.8 Å². The first-order chi connectivity index (χ1) is 6.61. The molecule has 0 aromatic carbocycles. The molecule has 0 aliphatic rings. The molecule has 0 spiro atoms. The van der Waals surface area contributed by atoms with Crippen molar-refractivity contribution in [2.24, 2.45) is 0 Å². The van der Waals surface area contributed by atoms with Crippen molar-refractivity contribution in [2.75, 3.05) is 7.11 Å². The fourth-order valence-electron chi connectivity index (χ4n) is 0.981. The normalized spacial score (nSPS) is 9.93. The molecule has 0 aliphatic heterocycles. The van der Waals surface area contributed by atoms with Gasteiger partial charge in [-0.15, -0.1) is 0 Å². The lowest BCUT2D eigenvalue weighted by atomic mass is 10.1. The zero-order chi connectivity index (χ0) is 10.7. The zero-order valence-corrected chi connectivity index (χ0v) is 7.16. The van der Waals surface area contributed by atoms with Gasteiger partial charge < -0.3 is 9.84 Å². The monoisotopic (exact) mass is 200 g/mol. The molecule has 0 radical (unpaired) electrons. The second-order valence-corrected chi connectivity index (χ2v) is 2.35. The second kappa shape index (κ2) is 3.87. The minimum atomic E-state index is -2.94. The van der Waals surface area contributed by atoms with Crippen molar-refractivity contribution in [3.63, 3.8) is 0 Å². The van der Waals surface area contributed by atoms with Gasteiger partial charge in [-0.05, 0) is 0 Å². The van der Waals surface area contributed by atoms with Crippen LogP contribution >= 0.6 is 0 Å². The van der Waals surface area contributed by atoms with Gasteiger partial charge in [0.2, 0.25) is 5.88 Å². The lowest BCUT2D eigenvalue weighted by Crippen LogP contribution is -1.98. The van der Waals surface area contributed by atoms with Gasteiger partial charge in [-0.2, -0.15) is 5.26 Å².